The van der Waals surface area contributed by atoms with E-state index in [0.29, 0.717) is 22.3 Å². The van der Waals surface area contributed by atoms with Gasteiger partial charge < -0.3 is 10.5 Å². The second kappa shape index (κ2) is 9.37. The molecule has 3 heterocycles. The lowest BCUT2D eigenvalue weighted by Crippen LogP contribution is -2.09. The van der Waals surface area contributed by atoms with Crippen molar-refractivity contribution in [1.82, 2.24) is 34.7 Å². The van der Waals surface area contributed by atoms with Crippen molar-refractivity contribution in [3.63, 3.8) is 0 Å². The fourth-order valence-corrected chi connectivity index (χ4v) is 4.37. The molecule has 0 saturated heterocycles. The summed E-state index contributed by atoms with van der Waals surface area (Å²) in [5.74, 6) is 0.675. The molecule has 3 aromatic heterocycles. The SMILES string of the molecule is Cc1nn(CC2CC2)cc1Cc1nn(C)nc1-c1ccc(F)cc1[C@@H](C)Oc1nc(Br)cnc1N. The van der Waals surface area contributed by atoms with Gasteiger partial charge in [0.25, 0.3) is 5.88 Å². The average molecular weight is 541 g/mol. The van der Waals surface area contributed by atoms with Gasteiger partial charge in [-0.3, -0.25) is 4.68 Å². The van der Waals surface area contributed by atoms with Crippen molar-refractivity contribution in [2.24, 2.45) is 13.0 Å². The van der Waals surface area contributed by atoms with Gasteiger partial charge in [0.1, 0.15) is 22.2 Å². The molecule has 35 heavy (non-hydrogen) atoms. The van der Waals surface area contributed by atoms with E-state index in [9.17, 15) is 4.39 Å². The Balaban J connectivity index is 1.48. The highest BCUT2D eigenvalue weighted by molar-refractivity contribution is 9.10. The van der Waals surface area contributed by atoms with Crippen LogP contribution in [0.5, 0.6) is 5.88 Å². The van der Waals surface area contributed by atoms with Crippen molar-refractivity contribution < 1.29 is 9.13 Å². The normalized spacial score (nSPS) is 14.3. The van der Waals surface area contributed by atoms with E-state index >= 15 is 0 Å². The van der Waals surface area contributed by atoms with Crippen molar-refractivity contribution in [1.29, 1.82) is 0 Å². The molecule has 0 radical (unpaired) electrons. The second-order valence-electron chi connectivity index (χ2n) is 8.94. The Kier molecular flexibility index (Phi) is 6.26. The van der Waals surface area contributed by atoms with Crippen LogP contribution in [0.3, 0.4) is 0 Å². The first kappa shape index (κ1) is 23.4. The summed E-state index contributed by atoms with van der Waals surface area (Å²) in [4.78, 5) is 9.84. The predicted octanol–water partition coefficient (Wildman–Crippen LogP) is 4.40. The fraction of sp³-hybridized carbons (Fsp3) is 0.375. The quantitative estimate of drug-likeness (QED) is 0.352. The molecule has 5 rings (SSSR count). The summed E-state index contributed by atoms with van der Waals surface area (Å²) in [7, 11) is 1.78. The summed E-state index contributed by atoms with van der Waals surface area (Å²) in [6.45, 7) is 4.77. The maximum absolute atomic E-state index is 14.4. The fourth-order valence-electron chi connectivity index (χ4n) is 4.11. The minimum absolute atomic E-state index is 0.150. The van der Waals surface area contributed by atoms with Crippen LogP contribution >= 0.6 is 15.9 Å². The van der Waals surface area contributed by atoms with Crippen molar-refractivity contribution in [2.45, 2.75) is 45.8 Å². The van der Waals surface area contributed by atoms with Crippen LogP contribution in [0.2, 0.25) is 0 Å². The van der Waals surface area contributed by atoms with Crippen LogP contribution in [0.1, 0.15) is 48.4 Å². The van der Waals surface area contributed by atoms with Gasteiger partial charge in [-0.25, -0.2) is 14.4 Å². The molecule has 0 unspecified atom stereocenters. The van der Waals surface area contributed by atoms with Crippen molar-refractivity contribution in [3.8, 4) is 17.1 Å². The zero-order valence-electron chi connectivity index (χ0n) is 19.7. The molecule has 182 valence electrons. The molecule has 1 aliphatic rings. The highest BCUT2D eigenvalue weighted by Crippen LogP contribution is 2.34. The Bertz CT molecular complexity index is 1380. The Labute approximate surface area is 210 Å². The summed E-state index contributed by atoms with van der Waals surface area (Å²) >= 11 is 3.28. The maximum atomic E-state index is 14.4. The van der Waals surface area contributed by atoms with Gasteiger partial charge in [0.2, 0.25) is 0 Å². The lowest BCUT2D eigenvalue weighted by Gasteiger charge is -2.18. The lowest BCUT2D eigenvalue weighted by atomic mass is 9.97. The number of benzene rings is 1. The van der Waals surface area contributed by atoms with Crippen LogP contribution in [-0.2, 0) is 20.0 Å². The van der Waals surface area contributed by atoms with Crippen LogP contribution in [0.25, 0.3) is 11.3 Å². The molecule has 0 spiro atoms. The number of aryl methyl sites for hydroxylation is 2. The topological polar surface area (TPSA) is 110 Å². The lowest BCUT2D eigenvalue weighted by molar-refractivity contribution is 0.218. The second-order valence-corrected chi connectivity index (χ2v) is 9.75. The van der Waals surface area contributed by atoms with Gasteiger partial charge in [-0.2, -0.15) is 20.1 Å². The zero-order valence-corrected chi connectivity index (χ0v) is 21.3. The number of rotatable bonds is 8. The standard InChI is InChI=1S/C24H26BrFN8O/c1-13-16(12-34(30-13)11-15-4-5-15)8-20-22(32-33(3)31-20)18-7-6-17(26)9-19(18)14(2)35-24-23(27)28-10-21(25)29-24/h6-7,9-10,12,14-15H,4-5,8,11H2,1-3H3,(H2,27,28)/t14-/m1/s1. The number of anilines is 1. The largest absolute Gasteiger partial charge is 0.467 e. The minimum atomic E-state index is -0.579. The van der Waals surface area contributed by atoms with Crippen LogP contribution in [0, 0.1) is 18.7 Å². The highest BCUT2D eigenvalue weighted by atomic mass is 79.9. The van der Waals surface area contributed by atoms with E-state index < -0.39 is 6.10 Å². The highest BCUT2D eigenvalue weighted by Gasteiger charge is 2.24. The van der Waals surface area contributed by atoms with E-state index in [1.54, 1.807) is 13.1 Å². The molecule has 4 aromatic rings. The van der Waals surface area contributed by atoms with E-state index in [4.69, 9.17) is 10.5 Å². The number of hydrogen-bond donors (Lipinski definition) is 1. The first-order valence-electron chi connectivity index (χ1n) is 11.4. The first-order chi connectivity index (χ1) is 16.8. The molecule has 1 atom stereocenters. The van der Waals surface area contributed by atoms with E-state index in [2.05, 4.69) is 47.4 Å². The summed E-state index contributed by atoms with van der Waals surface area (Å²) in [6.07, 6.45) is 6.11. The summed E-state index contributed by atoms with van der Waals surface area (Å²) in [5, 5.41) is 13.9. The van der Waals surface area contributed by atoms with Crippen LogP contribution in [0.4, 0.5) is 10.2 Å². The molecule has 11 heteroatoms. The van der Waals surface area contributed by atoms with Gasteiger partial charge >= 0.3 is 0 Å². The third kappa shape index (κ3) is 5.19. The summed E-state index contributed by atoms with van der Waals surface area (Å²) < 4.78 is 22.9. The summed E-state index contributed by atoms with van der Waals surface area (Å²) in [5.41, 5.74) is 10.8. The average Bonchev–Trinajstić information content (AvgIpc) is 3.45. The van der Waals surface area contributed by atoms with Crippen LogP contribution in [0.15, 0.2) is 35.2 Å². The molecule has 2 N–H and O–H groups in total. The zero-order chi connectivity index (χ0) is 24.7. The van der Waals surface area contributed by atoms with E-state index in [0.717, 1.165) is 35.0 Å². The third-order valence-electron chi connectivity index (χ3n) is 6.06. The smallest absolute Gasteiger partial charge is 0.258 e. The van der Waals surface area contributed by atoms with Gasteiger partial charge in [0.05, 0.1) is 17.6 Å². The Morgan fingerprint density at radius 1 is 1.26 bits per heavy atom. The number of aromatic nitrogens is 7. The molecular weight excluding hydrogens is 515 g/mol. The molecule has 1 aromatic carbocycles. The Hall–Kier alpha value is -3.34. The van der Waals surface area contributed by atoms with E-state index in [1.807, 2.05) is 18.5 Å². The predicted molar refractivity (Wildman–Crippen MR) is 132 cm³/mol. The van der Waals surface area contributed by atoms with Gasteiger partial charge in [0.15, 0.2) is 5.82 Å². The van der Waals surface area contributed by atoms with Crippen molar-refractivity contribution in [3.05, 3.63) is 63.5 Å². The molecule has 0 bridgehead atoms. The Morgan fingerprint density at radius 3 is 2.83 bits per heavy atom. The van der Waals surface area contributed by atoms with Gasteiger partial charge in [-0.05, 0) is 72.3 Å². The van der Waals surface area contributed by atoms with Crippen molar-refractivity contribution >= 4 is 21.7 Å². The van der Waals surface area contributed by atoms with Gasteiger partial charge in [0, 0.05) is 37.3 Å². The third-order valence-corrected chi connectivity index (χ3v) is 6.45. The monoisotopic (exact) mass is 540 g/mol. The Morgan fingerprint density at radius 2 is 2.06 bits per heavy atom. The summed E-state index contributed by atoms with van der Waals surface area (Å²) in [6, 6.07) is 4.56. The minimum Gasteiger partial charge on any atom is -0.467 e. The van der Waals surface area contributed by atoms with Crippen molar-refractivity contribution in [2.75, 3.05) is 5.73 Å². The van der Waals surface area contributed by atoms with Gasteiger partial charge in [-0.15, -0.1) is 0 Å². The number of nitrogens with zero attached hydrogens (tertiary/aromatic N) is 7. The van der Waals surface area contributed by atoms with Gasteiger partial charge in [-0.1, -0.05) is 0 Å². The molecular formula is C24H26BrFN8O. The molecule has 0 aliphatic heterocycles. The van der Waals surface area contributed by atoms with E-state index in [-0.39, 0.29) is 17.5 Å². The van der Waals surface area contributed by atoms with E-state index in [1.165, 1.54) is 36.0 Å². The molecule has 9 nitrogen and oxygen atoms in total. The number of nitrogen functional groups attached to an aromatic ring is 1. The maximum Gasteiger partial charge on any atom is 0.258 e. The number of hydrogen-bond acceptors (Lipinski definition) is 7. The van der Waals surface area contributed by atoms with Crippen LogP contribution in [-0.4, -0.2) is 34.7 Å². The molecule has 1 fully saturated rings. The molecule has 0 amide bonds. The number of nitrogens with two attached hydrogens (primary N) is 1. The van der Waals surface area contributed by atoms with Crippen LogP contribution < -0.4 is 10.5 Å². The number of ether oxygens (including phenoxy) is 1. The molecule has 1 saturated carbocycles. The molecule has 1 aliphatic carbocycles. The number of halogens is 2. The first-order valence-corrected chi connectivity index (χ1v) is 12.2.